The van der Waals surface area contributed by atoms with Crippen LogP contribution in [-0.4, -0.2) is 238 Å². The highest BCUT2D eigenvalue weighted by atomic mass is 16.6. The lowest BCUT2D eigenvalue weighted by Crippen LogP contribution is -2.37. The van der Waals surface area contributed by atoms with Crippen molar-refractivity contribution >= 4 is 0 Å². The van der Waals surface area contributed by atoms with E-state index in [1.807, 2.05) is 37.3 Å². The third-order valence-corrected chi connectivity index (χ3v) is 7.88. The molecule has 0 radical (unpaired) electrons. The predicted molar refractivity (Wildman–Crippen MR) is 204 cm³/mol. The molecular formula is C38H70O20. The first-order valence-electron chi connectivity index (χ1n) is 19.5. The van der Waals surface area contributed by atoms with E-state index in [1.165, 1.54) is 0 Å². The second kappa shape index (κ2) is 36.1. The smallest absolute Gasteiger partial charge is 0.104 e. The number of hydrogen-bond acceptors (Lipinski definition) is 20. The third kappa shape index (κ3) is 29.6. The molecule has 10 unspecified atom stereocenters. The maximum atomic E-state index is 10.6. The molecule has 342 valence electrons. The maximum Gasteiger partial charge on any atom is 0.104 e. The Morgan fingerprint density at radius 3 is 1.07 bits per heavy atom. The first-order valence-corrected chi connectivity index (χ1v) is 19.5. The van der Waals surface area contributed by atoms with Gasteiger partial charge in [-0.25, -0.2) is 0 Å². The number of hydrogen-bond donors (Lipinski definition) is 10. The molecule has 0 saturated heterocycles. The summed E-state index contributed by atoms with van der Waals surface area (Å²) in [6.07, 6.45) is -8.52. The summed E-state index contributed by atoms with van der Waals surface area (Å²) in [5, 5.41) is 95.8. The molecule has 0 heterocycles. The van der Waals surface area contributed by atoms with Crippen LogP contribution in [-0.2, 0) is 54.0 Å². The lowest BCUT2D eigenvalue weighted by atomic mass is 10.2. The van der Waals surface area contributed by atoms with E-state index in [1.54, 1.807) is 0 Å². The molecule has 0 spiro atoms. The van der Waals surface area contributed by atoms with Crippen LogP contribution < -0.4 is 0 Å². The van der Waals surface area contributed by atoms with Crippen LogP contribution in [0.15, 0.2) is 30.3 Å². The van der Waals surface area contributed by atoms with Gasteiger partial charge in [-0.1, -0.05) is 37.3 Å². The number of rotatable bonds is 41. The van der Waals surface area contributed by atoms with Crippen LogP contribution in [0.5, 0.6) is 0 Å². The van der Waals surface area contributed by atoms with Crippen molar-refractivity contribution < 1.29 is 98.4 Å². The first-order chi connectivity index (χ1) is 28.0. The van der Waals surface area contributed by atoms with E-state index >= 15 is 0 Å². The summed E-state index contributed by atoms with van der Waals surface area (Å²) in [4.78, 5) is 0. The van der Waals surface area contributed by atoms with Crippen molar-refractivity contribution in [1.82, 2.24) is 0 Å². The second-order valence-electron chi connectivity index (χ2n) is 13.6. The minimum absolute atomic E-state index is 0.0116. The van der Waals surface area contributed by atoms with E-state index in [0.717, 1.165) is 5.56 Å². The Bertz CT molecular complexity index is 1030. The normalized spacial score (nSPS) is 17.3. The van der Waals surface area contributed by atoms with E-state index in [2.05, 4.69) is 0 Å². The first kappa shape index (κ1) is 54.4. The molecule has 20 heteroatoms. The molecule has 0 bridgehead atoms. The van der Waals surface area contributed by atoms with E-state index in [-0.39, 0.29) is 106 Å². The molecule has 0 aliphatic rings. The van der Waals surface area contributed by atoms with Crippen LogP contribution in [0.1, 0.15) is 18.9 Å². The lowest BCUT2D eigenvalue weighted by molar-refractivity contribution is -0.139. The van der Waals surface area contributed by atoms with Crippen molar-refractivity contribution in [3.63, 3.8) is 0 Å². The molecule has 10 N–H and O–H groups in total. The van der Waals surface area contributed by atoms with Gasteiger partial charge in [-0.15, -0.1) is 0 Å². The Morgan fingerprint density at radius 2 is 0.672 bits per heavy atom. The van der Waals surface area contributed by atoms with Crippen LogP contribution in [0.2, 0.25) is 0 Å². The molecule has 58 heavy (non-hydrogen) atoms. The van der Waals surface area contributed by atoms with Crippen molar-refractivity contribution in [3.8, 4) is 0 Å². The Labute approximate surface area is 340 Å². The SMILES string of the molecule is CCC(O)COCC(COCC(O)COCC(COCc1ccccc1)OCC(COCC(COCC(O)CO)OCC(O)CO)OCC(O)CO)OCC(O)CO. The van der Waals surface area contributed by atoms with Gasteiger partial charge in [-0.3, -0.25) is 0 Å². The van der Waals surface area contributed by atoms with Crippen molar-refractivity contribution in [3.05, 3.63) is 35.9 Å². The number of aliphatic hydroxyl groups is 10. The highest BCUT2D eigenvalue weighted by Gasteiger charge is 2.21. The second-order valence-corrected chi connectivity index (χ2v) is 13.6. The number of ether oxygens (including phenoxy) is 10. The Hall–Kier alpha value is -1.58. The van der Waals surface area contributed by atoms with Crippen LogP contribution in [0.3, 0.4) is 0 Å². The van der Waals surface area contributed by atoms with Crippen LogP contribution in [0, 0.1) is 0 Å². The van der Waals surface area contributed by atoms with E-state index in [4.69, 9.17) is 62.7 Å². The van der Waals surface area contributed by atoms with E-state index in [0.29, 0.717) is 6.42 Å². The van der Waals surface area contributed by atoms with Crippen molar-refractivity contribution in [2.24, 2.45) is 0 Å². The largest absolute Gasteiger partial charge is 0.394 e. The summed E-state index contributed by atoms with van der Waals surface area (Å²) in [5.41, 5.74) is 0.931. The Kier molecular flexibility index (Phi) is 33.9. The average Bonchev–Trinajstić information content (AvgIpc) is 3.24. The zero-order chi connectivity index (χ0) is 42.8. The van der Waals surface area contributed by atoms with Crippen molar-refractivity contribution in [1.29, 1.82) is 0 Å². The fraction of sp³-hybridized carbons (Fsp3) is 0.842. The van der Waals surface area contributed by atoms with E-state index in [9.17, 15) is 35.7 Å². The van der Waals surface area contributed by atoms with Gasteiger partial charge in [0.05, 0.1) is 138 Å². The van der Waals surface area contributed by atoms with E-state index < -0.39 is 87.5 Å². The molecule has 1 aromatic rings. The minimum atomic E-state index is -1.17. The topological polar surface area (TPSA) is 295 Å². The summed E-state index contributed by atoms with van der Waals surface area (Å²) < 4.78 is 57.0. The summed E-state index contributed by atoms with van der Waals surface area (Å²) in [6, 6.07) is 9.46. The monoisotopic (exact) mass is 846 g/mol. The van der Waals surface area contributed by atoms with Crippen LogP contribution in [0.25, 0.3) is 0 Å². The maximum absolute atomic E-state index is 10.6. The molecule has 0 saturated carbocycles. The fourth-order valence-corrected chi connectivity index (χ4v) is 4.49. The predicted octanol–water partition coefficient (Wildman–Crippen LogP) is -3.63. The van der Waals surface area contributed by atoms with Crippen molar-refractivity contribution in [2.45, 2.75) is 81.0 Å². The molecule has 0 aromatic heterocycles. The summed E-state index contributed by atoms with van der Waals surface area (Å²) >= 11 is 0. The Morgan fingerprint density at radius 1 is 0.362 bits per heavy atom. The molecule has 0 fully saturated rings. The van der Waals surface area contributed by atoms with Gasteiger partial charge in [0.2, 0.25) is 0 Å². The molecule has 0 aliphatic carbocycles. The quantitative estimate of drug-likeness (QED) is 0.0304. The number of aliphatic hydroxyl groups excluding tert-OH is 10. The van der Waals surface area contributed by atoms with Crippen molar-refractivity contribution in [2.75, 3.05) is 126 Å². The van der Waals surface area contributed by atoms with Gasteiger partial charge in [-0.2, -0.15) is 0 Å². The molecule has 0 amide bonds. The molecule has 0 aliphatic heterocycles. The van der Waals surface area contributed by atoms with Gasteiger partial charge >= 0.3 is 0 Å². The molecule has 1 rings (SSSR count). The fourth-order valence-electron chi connectivity index (χ4n) is 4.49. The zero-order valence-corrected chi connectivity index (χ0v) is 33.6. The molecular weight excluding hydrogens is 776 g/mol. The standard InChI is InChI=1S/C38H70O20/c1-2-29(43)13-50-21-35(55-17-31(45)9-40)23-52-15-34(48)16-53-24-37(20-49-12-28-6-4-3-5-7-28)58-27-38(57-19-33(47)11-42)26-54-25-36(56-18-32(46)10-41)22-51-14-30(44)8-39/h3-7,29-48H,2,8-27H2,1H3. The summed E-state index contributed by atoms with van der Waals surface area (Å²) in [5.74, 6) is 0. The van der Waals surface area contributed by atoms with Gasteiger partial charge in [0.15, 0.2) is 0 Å². The third-order valence-electron chi connectivity index (χ3n) is 7.88. The summed E-state index contributed by atoms with van der Waals surface area (Å²) in [7, 11) is 0. The minimum Gasteiger partial charge on any atom is -0.394 e. The van der Waals surface area contributed by atoms with Crippen LogP contribution in [0.4, 0.5) is 0 Å². The highest BCUT2D eigenvalue weighted by Crippen LogP contribution is 2.08. The zero-order valence-electron chi connectivity index (χ0n) is 33.6. The molecule has 10 atom stereocenters. The van der Waals surface area contributed by atoms with Gasteiger partial charge in [0.25, 0.3) is 0 Å². The Balaban J connectivity index is 2.81. The average molecular weight is 847 g/mol. The lowest BCUT2D eigenvalue weighted by Gasteiger charge is -2.25. The molecule has 20 nitrogen and oxygen atoms in total. The van der Waals surface area contributed by atoms with Gasteiger partial charge < -0.3 is 98.4 Å². The number of benzene rings is 1. The summed E-state index contributed by atoms with van der Waals surface area (Å²) in [6.45, 7) is -1.14. The highest BCUT2D eigenvalue weighted by molar-refractivity contribution is 5.13. The molecule has 1 aromatic carbocycles. The van der Waals surface area contributed by atoms with Crippen LogP contribution >= 0.6 is 0 Å². The van der Waals surface area contributed by atoms with Gasteiger partial charge in [0.1, 0.15) is 54.9 Å². The van der Waals surface area contributed by atoms with Gasteiger partial charge in [0, 0.05) is 0 Å². The van der Waals surface area contributed by atoms with Gasteiger partial charge in [-0.05, 0) is 12.0 Å².